The van der Waals surface area contributed by atoms with Crippen molar-refractivity contribution in [2.75, 3.05) is 6.54 Å². The molecule has 1 aliphatic carbocycles. The summed E-state index contributed by atoms with van der Waals surface area (Å²) in [5.41, 5.74) is -0.639. The summed E-state index contributed by atoms with van der Waals surface area (Å²) in [6.07, 6.45) is 0.861. The maximum atomic E-state index is 13.5. The third kappa shape index (κ3) is 3.70. The van der Waals surface area contributed by atoms with Gasteiger partial charge in [-0.1, -0.05) is 11.6 Å². The van der Waals surface area contributed by atoms with E-state index in [1.807, 2.05) is 0 Å². The van der Waals surface area contributed by atoms with Crippen molar-refractivity contribution in [3.05, 3.63) is 28.5 Å². The predicted molar refractivity (Wildman–Crippen MR) is 72.3 cm³/mol. The Balaban J connectivity index is 2.24. The molecule has 2 rings (SSSR count). The molecule has 1 atom stereocenters. The molecule has 0 aliphatic heterocycles. The SMILES string of the molecule is O=C(O)c1cc(S(=O)(=O)NCC(O)C2CC2)cc(F)c1Cl. The van der Waals surface area contributed by atoms with Crippen LogP contribution in [-0.2, 0) is 10.0 Å². The van der Waals surface area contributed by atoms with Crippen molar-refractivity contribution < 1.29 is 27.8 Å². The van der Waals surface area contributed by atoms with Gasteiger partial charge in [0.2, 0.25) is 10.0 Å². The van der Waals surface area contributed by atoms with Crippen molar-refractivity contribution in [2.45, 2.75) is 23.8 Å². The highest BCUT2D eigenvalue weighted by atomic mass is 35.5. The van der Waals surface area contributed by atoms with Gasteiger partial charge in [0.1, 0.15) is 5.82 Å². The molecule has 1 aliphatic rings. The van der Waals surface area contributed by atoms with Crippen molar-refractivity contribution in [3.63, 3.8) is 0 Å². The lowest BCUT2D eigenvalue weighted by Gasteiger charge is -2.12. The average Bonchev–Trinajstić information content (AvgIpc) is 3.23. The number of carbonyl (C=O) groups is 1. The molecule has 0 aromatic heterocycles. The van der Waals surface area contributed by atoms with Crippen molar-refractivity contribution in [3.8, 4) is 0 Å². The number of sulfonamides is 1. The van der Waals surface area contributed by atoms with Crippen LogP contribution in [0.4, 0.5) is 4.39 Å². The van der Waals surface area contributed by atoms with Gasteiger partial charge in [0.05, 0.1) is 21.6 Å². The van der Waals surface area contributed by atoms with E-state index in [1.54, 1.807) is 0 Å². The van der Waals surface area contributed by atoms with Crippen LogP contribution in [0, 0.1) is 11.7 Å². The van der Waals surface area contributed by atoms with Gasteiger partial charge in [-0.15, -0.1) is 0 Å². The molecule has 1 fully saturated rings. The third-order valence-electron chi connectivity index (χ3n) is 3.19. The standard InChI is InChI=1S/C12H13ClFNO5S/c13-11-8(12(17)18)3-7(4-9(11)14)21(19,20)15-5-10(16)6-1-2-6/h3-4,6,10,15-16H,1-2,5H2,(H,17,18). The van der Waals surface area contributed by atoms with Gasteiger partial charge in [0.15, 0.2) is 0 Å². The Hall–Kier alpha value is -1.22. The van der Waals surface area contributed by atoms with Gasteiger partial charge in [0, 0.05) is 6.54 Å². The molecule has 0 amide bonds. The van der Waals surface area contributed by atoms with Gasteiger partial charge >= 0.3 is 5.97 Å². The molecule has 3 N–H and O–H groups in total. The molecular formula is C12H13ClFNO5S. The summed E-state index contributed by atoms with van der Waals surface area (Å²) < 4.78 is 39.6. The Kier molecular flexibility index (Phi) is 4.52. The van der Waals surface area contributed by atoms with Gasteiger partial charge < -0.3 is 10.2 Å². The minimum Gasteiger partial charge on any atom is -0.478 e. The highest BCUT2D eigenvalue weighted by Crippen LogP contribution is 2.32. The van der Waals surface area contributed by atoms with Crippen LogP contribution >= 0.6 is 11.6 Å². The molecular weight excluding hydrogens is 325 g/mol. The summed E-state index contributed by atoms with van der Waals surface area (Å²) in [5, 5.41) is 17.8. The van der Waals surface area contributed by atoms with Crippen LogP contribution in [0.2, 0.25) is 5.02 Å². The summed E-state index contributed by atoms with van der Waals surface area (Å²) in [6, 6.07) is 1.42. The normalized spacial score (nSPS) is 16.7. The van der Waals surface area contributed by atoms with Crippen LogP contribution in [0.25, 0.3) is 0 Å². The van der Waals surface area contributed by atoms with Gasteiger partial charge in [-0.2, -0.15) is 0 Å². The monoisotopic (exact) mass is 337 g/mol. The summed E-state index contributed by atoms with van der Waals surface area (Å²) in [7, 11) is -4.13. The third-order valence-corrected chi connectivity index (χ3v) is 4.98. The van der Waals surface area contributed by atoms with E-state index in [-0.39, 0.29) is 12.5 Å². The van der Waals surface area contributed by atoms with Crippen LogP contribution in [0.15, 0.2) is 17.0 Å². The second-order valence-corrected chi connectivity index (χ2v) is 6.97. The molecule has 0 heterocycles. The zero-order valence-electron chi connectivity index (χ0n) is 10.7. The molecule has 1 saturated carbocycles. The van der Waals surface area contributed by atoms with E-state index >= 15 is 0 Å². The Morgan fingerprint density at radius 3 is 2.62 bits per heavy atom. The minimum atomic E-state index is -4.13. The smallest absolute Gasteiger partial charge is 0.337 e. The maximum absolute atomic E-state index is 13.5. The Labute approximate surface area is 125 Å². The number of aromatic carboxylic acids is 1. The quantitative estimate of drug-likeness (QED) is 0.724. The zero-order chi connectivity index (χ0) is 15.8. The Bertz CT molecular complexity index is 674. The molecule has 0 saturated heterocycles. The van der Waals surface area contributed by atoms with Crippen LogP contribution in [-0.4, -0.2) is 37.2 Å². The van der Waals surface area contributed by atoms with E-state index in [4.69, 9.17) is 16.7 Å². The predicted octanol–water partition coefficient (Wildman–Crippen LogP) is 1.23. The first-order valence-corrected chi connectivity index (χ1v) is 7.98. The van der Waals surface area contributed by atoms with E-state index in [2.05, 4.69) is 4.72 Å². The van der Waals surface area contributed by atoms with E-state index in [9.17, 15) is 22.7 Å². The first-order valence-electron chi connectivity index (χ1n) is 6.12. The lowest BCUT2D eigenvalue weighted by molar-refractivity contribution is 0.0696. The number of nitrogens with one attached hydrogen (secondary N) is 1. The number of carboxylic acid groups (broad SMARTS) is 1. The van der Waals surface area contributed by atoms with Gasteiger partial charge in [-0.25, -0.2) is 22.3 Å². The van der Waals surface area contributed by atoms with E-state index in [0.717, 1.165) is 18.9 Å². The Morgan fingerprint density at radius 1 is 1.48 bits per heavy atom. The summed E-state index contributed by atoms with van der Waals surface area (Å²) in [4.78, 5) is 10.4. The number of hydrogen-bond acceptors (Lipinski definition) is 4. The lowest BCUT2D eigenvalue weighted by atomic mass is 10.2. The first kappa shape index (κ1) is 16.2. The number of aliphatic hydroxyl groups excluding tert-OH is 1. The molecule has 1 unspecified atom stereocenters. The van der Waals surface area contributed by atoms with Crippen LogP contribution < -0.4 is 4.72 Å². The molecule has 0 radical (unpaired) electrons. The largest absolute Gasteiger partial charge is 0.478 e. The molecule has 21 heavy (non-hydrogen) atoms. The van der Waals surface area contributed by atoms with Gasteiger partial charge in [-0.3, -0.25) is 0 Å². The number of hydrogen-bond donors (Lipinski definition) is 3. The highest BCUT2D eigenvalue weighted by Gasteiger charge is 2.31. The highest BCUT2D eigenvalue weighted by molar-refractivity contribution is 7.89. The second-order valence-electron chi connectivity index (χ2n) is 4.83. The number of halogens is 2. The summed E-state index contributed by atoms with van der Waals surface area (Å²) >= 11 is 5.48. The lowest BCUT2D eigenvalue weighted by Crippen LogP contribution is -2.33. The van der Waals surface area contributed by atoms with Crippen molar-refractivity contribution in [2.24, 2.45) is 5.92 Å². The number of benzene rings is 1. The number of carboxylic acids is 1. The van der Waals surface area contributed by atoms with E-state index < -0.39 is 43.4 Å². The Morgan fingerprint density at radius 2 is 2.10 bits per heavy atom. The molecule has 0 spiro atoms. The van der Waals surface area contributed by atoms with Gasteiger partial charge in [-0.05, 0) is 30.9 Å². The maximum Gasteiger partial charge on any atom is 0.337 e. The fraction of sp³-hybridized carbons (Fsp3) is 0.417. The molecule has 6 nitrogen and oxygen atoms in total. The average molecular weight is 338 g/mol. The van der Waals surface area contributed by atoms with Gasteiger partial charge in [0.25, 0.3) is 0 Å². The summed E-state index contributed by atoms with van der Waals surface area (Å²) in [6.45, 7) is -0.209. The topological polar surface area (TPSA) is 104 Å². The van der Waals surface area contributed by atoms with Crippen molar-refractivity contribution in [1.29, 1.82) is 0 Å². The number of rotatable bonds is 6. The molecule has 0 bridgehead atoms. The van der Waals surface area contributed by atoms with Crippen molar-refractivity contribution in [1.82, 2.24) is 4.72 Å². The number of aliphatic hydroxyl groups is 1. The van der Waals surface area contributed by atoms with Crippen LogP contribution in [0.1, 0.15) is 23.2 Å². The second kappa shape index (κ2) is 5.88. The van der Waals surface area contributed by atoms with E-state index in [1.165, 1.54) is 0 Å². The first-order chi connectivity index (χ1) is 9.72. The fourth-order valence-corrected chi connectivity index (χ4v) is 3.08. The van der Waals surface area contributed by atoms with E-state index in [0.29, 0.717) is 6.07 Å². The van der Waals surface area contributed by atoms with Crippen LogP contribution in [0.3, 0.4) is 0 Å². The fourth-order valence-electron chi connectivity index (χ4n) is 1.80. The summed E-state index contributed by atoms with van der Waals surface area (Å²) in [5.74, 6) is -2.60. The molecule has 116 valence electrons. The molecule has 9 heteroatoms. The van der Waals surface area contributed by atoms with Crippen molar-refractivity contribution >= 4 is 27.6 Å². The zero-order valence-corrected chi connectivity index (χ0v) is 12.3. The molecule has 1 aromatic rings. The minimum absolute atomic E-state index is 0.0734. The van der Waals surface area contributed by atoms with Crippen LogP contribution in [0.5, 0.6) is 0 Å². The molecule has 1 aromatic carbocycles.